The molecule has 1 fully saturated rings. The van der Waals surface area contributed by atoms with Crippen LogP contribution in [0.25, 0.3) is 4.96 Å². The maximum atomic E-state index is 10.7. The minimum Gasteiger partial charge on any atom is -0.492 e. The van der Waals surface area contributed by atoms with E-state index in [1.807, 2.05) is 6.92 Å². The molecule has 1 unspecified atom stereocenters. The molecular formula is C15H18N4OS2. The highest BCUT2D eigenvalue weighted by Gasteiger charge is 2.30. The molecule has 3 aromatic rings. The van der Waals surface area contributed by atoms with E-state index in [0.717, 1.165) is 22.9 Å². The average Bonchev–Trinajstić information content (AvgIpc) is 3.22. The summed E-state index contributed by atoms with van der Waals surface area (Å²) in [5.41, 5.74) is 1.25. The zero-order chi connectivity index (χ0) is 15.1. The fourth-order valence-corrected chi connectivity index (χ4v) is 5.00. The Labute approximate surface area is 136 Å². The van der Waals surface area contributed by atoms with Gasteiger partial charge in [-0.2, -0.15) is 15.9 Å². The minimum absolute atomic E-state index is 0.111. The Kier molecular flexibility index (Phi) is 3.63. The first-order valence-corrected chi connectivity index (χ1v) is 9.31. The normalized spacial score (nSPS) is 18.0. The van der Waals surface area contributed by atoms with Gasteiger partial charge >= 0.3 is 0 Å². The lowest BCUT2D eigenvalue weighted by molar-refractivity contribution is 0.187. The van der Waals surface area contributed by atoms with E-state index in [9.17, 15) is 5.11 Å². The third kappa shape index (κ3) is 2.33. The van der Waals surface area contributed by atoms with Crippen LogP contribution in [-0.4, -0.2) is 37.7 Å². The van der Waals surface area contributed by atoms with Crippen LogP contribution in [-0.2, 0) is 0 Å². The number of nitrogens with zero attached hydrogens (tertiary/aromatic N) is 4. The highest BCUT2D eigenvalue weighted by atomic mass is 32.1. The van der Waals surface area contributed by atoms with Crippen LogP contribution in [0.4, 0.5) is 0 Å². The quantitative estimate of drug-likeness (QED) is 0.797. The van der Waals surface area contributed by atoms with Crippen molar-refractivity contribution in [2.24, 2.45) is 0 Å². The molecule has 1 saturated heterocycles. The number of fused-ring (bicyclic) bond motifs is 1. The molecule has 0 aromatic carbocycles. The summed E-state index contributed by atoms with van der Waals surface area (Å²) in [6, 6.07) is 2.27. The monoisotopic (exact) mass is 334 g/mol. The van der Waals surface area contributed by atoms with Gasteiger partial charge in [0.25, 0.3) is 0 Å². The SMILES string of the molecule is Cc1nc2sc(C(c3ccsc3)N3CCCCC3)c(O)n2n1. The summed E-state index contributed by atoms with van der Waals surface area (Å²) in [6.07, 6.45) is 3.75. The number of likely N-dealkylation sites (tertiary alicyclic amines) is 1. The van der Waals surface area contributed by atoms with Crippen LogP contribution in [0.1, 0.15) is 41.6 Å². The molecule has 1 aliphatic heterocycles. The Hall–Kier alpha value is -1.44. The Bertz CT molecular complexity index is 771. The maximum Gasteiger partial charge on any atom is 0.230 e. The van der Waals surface area contributed by atoms with E-state index < -0.39 is 0 Å². The van der Waals surface area contributed by atoms with Gasteiger partial charge in [0.2, 0.25) is 10.8 Å². The lowest BCUT2D eigenvalue weighted by atomic mass is 10.0. The fourth-order valence-electron chi connectivity index (χ4n) is 3.16. The molecular weight excluding hydrogens is 316 g/mol. The average molecular weight is 334 g/mol. The summed E-state index contributed by atoms with van der Waals surface area (Å²) in [4.78, 5) is 8.59. The second-order valence-corrected chi connectivity index (χ2v) is 7.49. The van der Waals surface area contributed by atoms with Gasteiger partial charge in [-0.05, 0) is 55.2 Å². The van der Waals surface area contributed by atoms with Crippen LogP contribution >= 0.6 is 22.7 Å². The molecule has 4 rings (SSSR count). The number of hydrogen-bond donors (Lipinski definition) is 1. The van der Waals surface area contributed by atoms with E-state index in [4.69, 9.17) is 0 Å². The van der Waals surface area contributed by atoms with Crippen molar-refractivity contribution in [2.45, 2.75) is 32.2 Å². The van der Waals surface area contributed by atoms with Crippen LogP contribution in [0.2, 0.25) is 0 Å². The zero-order valence-corrected chi connectivity index (χ0v) is 14.0. The fraction of sp³-hybridized carbons (Fsp3) is 0.467. The van der Waals surface area contributed by atoms with Crippen molar-refractivity contribution in [3.8, 4) is 5.88 Å². The third-order valence-corrected chi connectivity index (χ3v) is 5.94. The van der Waals surface area contributed by atoms with Gasteiger partial charge in [-0.3, -0.25) is 4.90 Å². The van der Waals surface area contributed by atoms with Crippen molar-refractivity contribution < 1.29 is 5.11 Å². The van der Waals surface area contributed by atoms with E-state index in [-0.39, 0.29) is 11.9 Å². The van der Waals surface area contributed by atoms with E-state index in [1.165, 1.54) is 24.8 Å². The third-order valence-electron chi connectivity index (χ3n) is 4.17. The molecule has 0 spiro atoms. The molecule has 1 N–H and O–H groups in total. The maximum absolute atomic E-state index is 10.7. The summed E-state index contributed by atoms with van der Waals surface area (Å²) in [5.74, 6) is 0.931. The Morgan fingerprint density at radius 1 is 1.27 bits per heavy atom. The Morgan fingerprint density at radius 3 is 2.77 bits per heavy atom. The number of rotatable bonds is 3. The molecule has 1 atom stereocenters. The van der Waals surface area contributed by atoms with Gasteiger partial charge in [-0.25, -0.2) is 4.98 Å². The number of thiophene rings is 1. The van der Waals surface area contributed by atoms with Crippen molar-refractivity contribution >= 4 is 27.6 Å². The van der Waals surface area contributed by atoms with Crippen molar-refractivity contribution in [1.82, 2.24) is 19.5 Å². The van der Waals surface area contributed by atoms with E-state index >= 15 is 0 Å². The second-order valence-electron chi connectivity index (χ2n) is 5.70. The molecule has 7 heteroatoms. The first-order valence-electron chi connectivity index (χ1n) is 7.55. The van der Waals surface area contributed by atoms with Gasteiger partial charge in [0.15, 0.2) is 0 Å². The van der Waals surface area contributed by atoms with Crippen molar-refractivity contribution in [1.29, 1.82) is 0 Å². The van der Waals surface area contributed by atoms with E-state index in [0.29, 0.717) is 5.82 Å². The van der Waals surface area contributed by atoms with Crippen molar-refractivity contribution in [3.63, 3.8) is 0 Å². The van der Waals surface area contributed by atoms with Crippen LogP contribution in [0.5, 0.6) is 5.88 Å². The number of aryl methyl sites for hydroxylation is 1. The molecule has 0 radical (unpaired) electrons. The topological polar surface area (TPSA) is 53.7 Å². The van der Waals surface area contributed by atoms with Gasteiger partial charge in [0, 0.05) is 0 Å². The van der Waals surface area contributed by atoms with Gasteiger partial charge < -0.3 is 5.11 Å². The number of piperidine rings is 1. The number of hydrogen-bond acceptors (Lipinski definition) is 6. The molecule has 22 heavy (non-hydrogen) atoms. The van der Waals surface area contributed by atoms with E-state index in [1.54, 1.807) is 27.2 Å². The summed E-state index contributed by atoms with van der Waals surface area (Å²) in [7, 11) is 0. The van der Waals surface area contributed by atoms with Crippen LogP contribution in [0.3, 0.4) is 0 Å². The summed E-state index contributed by atoms with van der Waals surface area (Å²) in [5, 5.41) is 19.2. The second kappa shape index (κ2) is 5.64. The van der Waals surface area contributed by atoms with Gasteiger partial charge in [0.1, 0.15) is 5.82 Å². The molecule has 1 aliphatic rings. The van der Waals surface area contributed by atoms with E-state index in [2.05, 4.69) is 31.8 Å². The molecule has 0 bridgehead atoms. The highest BCUT2D eigenvalue weighted by molar-refractivity contribution is 7.17. The molecule has 4 heterocycles. The van der Waals surface area contributed by atoms with Crippen LogP contribution in [0.15, 0.2) is 16.8 Å². The summed E-state index contributed by atoms with van der Waals surface area (Å²) in [6.45, 7) is 4.00. The van der Waals surface area contributed by atoms with Gasteiger partial charge in [-0.15, -0.1) is 5.10 Å². The highest BCUT2D eigenvalue weighted by Crippen LogP contribution is 2.41. The molecule has 116 valence electrons. The molecule has 3 aromatic heterocycles. The van der Waals surface area contributed by atoms with Crippen LogP contribution < -0.4 is 0 Å². The lowest BCUT2D eigenvalue weighted by Crippen LogP contribution is -2.33. The number of aromatic nitrogens is 3. The van der Waals surface area contributed by atoms with Crippen molar-refractivity contribution in [3.05, 3.63) is 33.1 Å². The van der Waals surface area contributed by atoms with Gasteiger partial charge in [-0.1, -0.05) is 17.8 Å². The Morgan fingerprint density at radius 2 is 2.09 bits per heavy atom. The first-order chi connectivity index (χ1) is 10.7. The smallest absolute Gasteiger partial charge is 0.230 e. The zero-order valence-electron chi connectivity index (χ0n) is 12.4. The van der Waals surface area contributed by atoms with Gasteiger partial charge in [0.05, 0.1) is 10.9 Å². The molecule has 0 amide bonds. The molecule has 0 aliphatic carbocycles. The number of thiazole rings is 1. The summed E-state index contributed by atoms with van der Waals surface area (Å²) >= 11 is 3.25. The standard InChI is InChI=1S/C15H18N4OS2/c1-10-16-15-19(17-10)14(20)13(22-15)12(11-5-8-21-9-11)18-6-3-2-4-7-18/h5,8-9,12,20H,2-4,6-7H2,1H3. The minimum atomic E-state index is 0.111. The summed E-state index contributed by atoms with van der Waals surface area (Å²) < 4.78 is 1.57. The first kappa shape index (κ1) is 14.2. The van der Waals surface area contributed by atoms with Crippen LogP contribution in [0, 0.1) is 6.92 Å². The predicted molar refractivity (Wildman–Crippen MR) is 88.9 cm³/mol. The predicted octanol–water partition coefficient (Wildman–Crippen LogP) is 3.44. The lowest BCUT2D eigenvalue weighted by Gasteiger charge is -2.33. The largest absolute Gasteiger partial charge is 0.492 e. The van der Waals surface area contributed by atoms with Crippen molar-refractivity contribution in [2.75, 3.05) is 13.1 Å². The molecule has 5 nitrogen and oxygen atoms in total. The Balaban J connectivity index is 1.81. The number of aromatic hydroxyl groups is 1. The molecule has 0 saturated carbocycles.